The number of hydrogen-bond acceptors (Lipinski definition) is 7. The Morgan fingerprint density at radius 2 is 2.17 bits per heavy atom. The zero-order chi connectivity index (χ0) is 16.6. The molecule has 1 aliphatic rings. The summed E-state index contributed by atoms with van der Waals surface area (Å²) >= 11 is 0. The molecule has 8 nitrogen and oxygen atoms in total. The minimum atomic E-state index is -0.605. The Balaban J connectivity index is 1.91. The number of hydrogen-bond donors (Lipinski definition) is 2. The summed E-state index contributed by atoms with van der Waals surface area (Å²) in [5, 5.41) is 14.0. The molecule has 0 bridgehead atoms. The fourth-order valence-corrected chi connectivity index (χ4v) is 2.69. The van der Waals surface area contributed by atoms with Crippen LogP contribution in [-0.2, 0) is 0 Å². The largest absolute Gasteiger partial charge is 0.487 e. The van der Waals surface area contributed by atoms with Crippen molar-refractivity contribution >= 4 is 17.5 Å². The Bertz CT molecular complexity index is 763. The van der Waals surface area contributed by atoms with Crippen molar-refractivity contribution in [2.75, 3.05) is 11.1 Å². The van der Waals surface area contributed by atoms with Crippen molar-refractivity contribution in [2.24, 2.45) is 0 Å². The molecule has 0 saturated carbocycles. The molecule has 120 valence electrons. The van der Waals surface area contributed by atoms with E-state index in [0.29, 0.717) is 6.42 Å². The van der Waals surface area contributed by atoms with Gasteiger partial charge in [0, 0.05) is 12.0 Å². The molecule has 2 heterocycles. The van der Waals surface area contributed by atoms with Gasteiger partial charge in [0.25, 0.3) is 0 Å². The lowest BCUT2D eigenvalue weighted by molar-refractivity contribution is -0.384. The molecule has 0 amide bonds. The maximum atomic E-state index is 10.8. The standard InChI is InChI=1S/C15H17N5O3/c1-15(2)7-10(9-5-3-4-6-12(9)23-15)18-14-17-8-11(20(21)22)13(16)19-14/h3-6,8,10H,7H2,1-2H3,(H3,16,17,18,19). The maximum absolute atomic E-state index is 10.8. The summed E-state index contributed by atoms with van der Waals surface area (Å²) in [6.45, 7) is 4.01. The van der Waals surface area contributed by atoms with Crippen LogP contribution in [0.25, 0.3) is 0 Å². The van der Waals surface area contributed by atoms with Gasteiger partial charge in [0.2, 0.25) is 11.8 Å². The highest BCUT2D eigenvalue weighted by Gasteiger charge is 2.34. The van der Waals surface area contributed by atoms with Crippen LogP contribution >= 0.6 is 0 Å². The van der Waals surface area contributed by atoms with Gasteiger partial charge in [-0.05, 0) is 19.9 Å². The SMILES string of the molecule is CC1(C)CC(Nc2ncc([N+](=O)[O-])c(N)n2)c2ccccc2O1. The van der Waals surface area contributed by atoms with E-state index in [2.05, 4.69) is 15.3 Å². The summed E-state index contributed by atoms with van der Waals surface area (Å²) in [6, 6.07) is 7.65. The van der Waals surface area contributed by atoms with E-state index in [1.54, 1.807) is 0 Å². The summed E-state index contributed by atoms with van der Waals surface area (Å²) < 4.78 is 5.97. The summed E-state index contributed by atoms with van der Waals surface area (Å²) in [7, 11) is 0. The molecule has 3 rings (SSSR count). The van der Waals surface area contributed by atoms with E-state index < -0.39 is 4.92 Å². The molecule has 0 spiro atoms. The summed E-state index contributed by atoms with van der Waals surface area (Å²) in [5.74, 6) is 0.897. The van der Waals surface area contributed by atoms with Gasteiger partial charge in [0.05, 0.1) is 11.0 Å². The number of nitrogen functional groups attached to an aromatic ring is 1. The quantitative estimate of drug-likeness (QED) is 0.660. The molecular weight excluding hydrogens is 298 g/mol. The maximum Gasteiger partial charge on any atom is 0.329 e. The van der Waals surface area contributed by atoms with Gasteiger partial charge in [-0.3, -0.25) is 10.1 Å². The lowest BCUT2D eigenvalue weighted by Gasteiger charge is -2.37. The van der Waals surface area contributed by atoms with Crippen LogP contribution in [0.4, 0.5) is 17.5 Å². The average Bonchev–Trinajstić information content (AvgIpc) is 2.45. The highest BCUT2D eigenvalue weighted by atomic mass is 16.6. The first-order valence-electron chi connectivity index (χ1n) is 7.17. The molecule has 1 atom stereocenters. The number of benzene rings is 1. The molecular formula is C15H17N5O3. The monoisotopic (exact) mass is 315 g/mol. The van der Waals surface area contributed by atoms with E-state index in [-0.39, 0.29) is 29.1 Å². The molecule has 0 saturated heterocycles. The van der Waals surface area contributed by atoms with Crippen molar-refractivity contribution in [3.05, 3.63) is 46.1 Å². The summed E-state index contributed by atoms with van der Waals surface area (Å²) in [4.78, 5) is 18.1. The Kier molecular flexibility index (Phi) is 3.51. The number of nitrogens with two attached hydrogens (primary N) is 1. The second kappa shape index (κ2) is 5.38. The normalized spacial score (nSPS) is 18.6. The van der Waals surface area contributed by atoms with E-state index in [0.717, 1.165) is 17.5 Å². The van der Waals surface area contributed by atoms with Crippen molar-refractivity contribution < 1.29 is 9.66 Å². The van der Waals surface area contributed by atoms with E-state index in [1.165, 1.54) is 0 Å². The molecule has 23 heavy (non-hydrogen) atoms. The summed E-state index contributed by atoms with van der Waals surface area (Å²) in [6.07, 6.45) is 1.81. The zero-order valence-electron chi connectivity index (χ0n) is 12.8. The zero-order valence-corrected chi connectivity index (χ0v) is 12.8. The van der Waals surface area contributed by atoms with Crippen LogP contribution in [0.5, 0.6) is 5.75 Å². The van der Waals surface area contributed by atoms with E-state index >= 15 is 0 Å². The van der Waals surface area contributed by atoms with Crippen LogP contribution < -0.4 is 15.8 Å². The smallest absolute Gasteiger partial charge is 0.329 e. The Morgan fingerprint density at radius 3 is 2.87 bits per heavy atom. The fourth-order valence-electron chi connectivity index (χ4n) is 2.69. The third-order valence-corrected chi connectivity index (χ3v) is 3.67. The molecule has 2 aromatic rings. The predicted octanol–water partition coefficient (Wildman–Crippen LogP) is 2.68. The third-order valence-electron chi connectivity index (χ3n) is 3.67. The van der Waals surface area contributed by atoms with E-state index in [4.69, 9.17) is 10.5 Å². The lowest BCUT2D eigenvalue weighted by atomic mass is 9.90. The van der Waals surface area contributed by atoms with Gasteiger partial charge in [-0.15, -0.1) is 0 Å². The van der Waals surface area contributed by atoms with Gasteiger partial charge in [-0.2, -0.15) is 4.98 Å². The second-order valence-corrected chi connectivity index (χ2v) is 6.02. The van der Waals surface area contributed by atoms with Crippen LogP contribution in [0.1, 0.15) is 31.9 Å². The number of rotatable bonds is 3. The molecule has 0 fully saturated rings. The van der Waals surface area contributed by atoms with Gasteiger partial charge in [-0.25, -0.2) is 4.98 Å². The Hall–Kier alpha value is -2.90. The predicted molar refractivity (Wildman–Crippen MR) is 85.2 cm³/mol. The van der Waals surface area contributed by atoms with Gasteiger partial charge in [-0.1, -0.05) is 18.2 Å². The second-order valence-electron chi connectivity index (χ2n) is 6.02. The molecule has 1 aromatic heterocycles. The van der Waals surface area contributed by atoms with Gasteiger partial charge in [0.1, 0.15) is 17.5 Å². The van der Waals surface area contributed by atoms with Crippen molar-refractivity contribution in [2.45, 2.75) is 31.9 Å². The average molecular weight is 315 g/mol. The van der Waals surface area contributed by atoms with E-state index in [1.807, 2.05) is 38.1 Å². The first kappa shape index (κ1) is 15.0. The van der Waals surface area contributed by atoms with Crippen LogP contribution in [0.15, 0.2) is 30.5 Å². The molecule has 1 unspecified atom stereocenters. The molecule has 8 heteroatoms. The van der Waals surface area contributed by atoms with Crippen molar-refractivity contribution in [1.82, 2.24) is 9.97 Å². The van der Waals surface area contributed by atoms with Crippen LogP contribution in [-0.4, -0.2) is 20.5 Å². The highest BCUT2D eigenvalue weighted by Crippen LogP contribution is 2.40. The van der Waals surface area contributed by atoms with Gasteiger partial charge < -0.3 is 15.8 Å². The Labute approximate surface area is 132 Å². The Morgan fingerprint density at radius 1 is 1.43 bits per heavy atom. The number of nitro groups is 1. The third kappa shape index (κ3) is 3.01. The molecule has 0 radical (unpaired) electrons. The van der Waals surface area contributed by atoms with Crippen LogP contribution in [0.2, 0.25) is 0 Å². The number of anilines is 2. The molecule has 1 aromatic carbocycles. The highest BCUT2D eigenvalue weighted by molar-refractivity contribution is 5.54. The molecule has 3 N–H and O–H groups in total. The topological polar surface area (TPSA) is 116 Å². The molecule has 1 aliphatic heterocycles. The number of nitrogens with zero attached hydrogens (tertiary/aromatic N) is 3. The van der Waals surface area contributed by atoms with Gasteiger partial charge >= 0.3 is 5.69 Å². The number of aromatic nitrogens is 2. The number of nitrogens with one attached hydrogen (secondary N) is 1. The number of para-hydroxylation sites is 1. The molecule has 0 aliphatic carbocycles. The lowest BCUT2D eigenvalue weighted by Crippen LogP contribution is -2.37. The van der Waals surface area contributed by atoms with Crippen LogP contribution in [0, 0.1) is 10.1 Å². The van der Waals surface area contributed by atoms with Crippen molar-refractivity contribution in [3.8, 4) is 5.75 Å². The van der Waals surface area contributed by atoms with Crippen LogP contribution in [0.3, 0.4) is 0 Å². The van der Waals surface area contributed by atoms with Crippen molar-refractivity contribution in [3.63, 3.8) is 0 Å². The first-order valence-corrected chi connectivity index (χ1v) is 7.17. The first-order chi connectivity index (χ1) is 10.9. The number of fused-ring (bicyclic) bond motifs is 1. The summed E-state index contributed by atoms with van der Waals surface area (Å²) in [5.41, 5.74) is 5.96. The minimum absolute atomic E-state index is 0.0733. The van der Waals surface area contributed by atoms with E-state index in [9.17, 15) is 10.1 Å². The van der Waals surface area contributed by atoms with Gasteiger partial charge in [0.15, 0.2) is 0 Å². The minimum Gasteiger partial charge on any atom is -0.487 e. The number of ether oxygens (including phenoxy) is 1. The fraction of sp³-hybridized carbons (Fsp3) is 0.333. The van der Waals surface area contributed by atoms with Crippen molar-refractivity contribution in [1.29, 1.82) is 0 Å².